The monoisotopic (exact) mass is 174 g/mol. The van der Waals surface area contributed by atoms with E-state index in [0.29, 0.717) is 12.8 Å². The van der Waals surface area contributed by atoms with Gasteiger partial charge in [-0.05, 0) is 12.8 Å². The SMILES string of the molecule is O=C(O)C1CCCCC1C(=O)O.[HH]. The van der Waals surface area contributed by atoms with Gasteiger partial charge >= 0.3 is 11.9 Å². The average Bonchev–Trinajstić information content (AvgIpc) is 2.04. The fraction of sp³-hybridized carbons (Fsp3) is 0.750. The molecule has 4 heteroatoms. The van der Waals surface area contributed by atoms with Gasteiger partial charge in [0.05, 0.1) is 11.8 Å². The molecule has 0 aromatic rings. The van der Waals surface area contributed by atoms with Gasteiger partial charge in [-0.1, -0.05) is 12.8 Å². The summed E-state index contributed by atoms with van der Waals surface area (Å²) in [4.78, 5) is 21.2. The summed E-state index contributed by atoms with van der Waals surface area (Å²) in [5.41, 5.74) is 0. The van der Waals surface area contributed by atoms with Gasteiger partial charge in [-0.15, -0.1) is 0 Å². The number of carbonyl (C=O) groups is 2. The molecule has 0 radical (unpaired) electrons. The largest absolute Gasteiger partial charge is 0.481 e. The first-order valence-electron chi connectivity index (χ1n) is 4.08. The van der Waals surface area contributed by atoms with Crippen molar-refractivity contribution in [2.45, 2.75) is 25.7 Å². The lowest BCUT2D eigenvalue weighted by Crippen LogP contribution is -2.32. The molecule has 0 aromatic heterocycles. The molecule has 0 aromatic carbocycles. The van der Waals surface area contributed by atoms with Crippen molar-refractivity contribution in [1.29, 1.82) is 0 Å². The Kier molecular flexibility index (Phi) is 2.68. The molecule has 2 atom stereocenters. The van der Waals surface area contributed by atoms with Crippen molar-refractivity contribution < 1.29 is 21.2 Å². The standard InChI is InChI=1S/C8H12O4.H2/c9-7(10)5-3-1-2-4-6(5)8(11)12;/h5-6H,1-4H2,(H,9,10)(H,11,12);1H. The summed E-state index contributed by atoms with van der Waals surface area (Å²) in [5, 5.41) is 17.4. The van der Waals surface area contributed by atoms with Crippen LogP contribution in [0.5, 0.6) is 0 Å². The summed E-state index contributed by atoms with van der Waals surface area (Å²) in [6, 6.07) is 0. The van der Waals surface area contributed by atoms with Crippen molar-refractivity contribution in [2.75, 3.05) is 0 Å². The molecule has 1 aliphatic carbocycles. The fourth-order valence-electron chi connectivity index (χ4n) is 1.72. The Bertz CT molecular complexity index is 182. The lowest BCUT2D eigenvalue weighted by atomic mass is 9.79. The third kappa shape index (κ3) is 1.75. The average molecular weight is 174 g/mol. The van der Waals surface area contributed by atoms with Crippen LogP contribution in [0.1, 0.15) is 27.1 Å². The second-order valence-electron chi connectivity index (χ2n) is 3.17. The van der Waals surface area contributed by atoms with Crippen molar-refractivity contribution in [2.24, 2.45) is 11.8 Å². The van der Waals surface area contributed by atoms with E-state index in [-0.39, 0.29) is 1.43 Å². The normalized spacial score (nSPS) is 29.7. The van der Waals surface area contributed by atoms with Crippen LogP contribution in [0.25, 0.3) is 0 Å². The van der Waals surface area contributed by atoms with Crippen molar-refractivity contribution in [3.8, 4) is 0 Å². The molecule has 0 saturated heterocycles. The number of carboxylic acids is 2. The molecule has 1 rings (SSSR count). The number of carboxylic acid groups (broad SMARTS) is 2. The Morgan fingerprint density at radius 2 is 1.33 bits per heavy atom. The van der Waals surface area contributed by atoms with E-state index in [2.05, 4.69) is 0 Å². The predicted octanol–water partition coefficient (Wildman–Crippen LogP) is 1.21. The van der Waals surface area contributed by atoms with Crippen LogP contribution in [0, 0.1) is 11.8 Å². The molecule has 1 aliphatic rings. The highest BCUT2D eigenvalue weighted by atomic mass is 16.4. The predicted molar refractivity (Wildman–Crippen MR) is 42.8 cm³/mol. The van der Waals surface area contributed by atoms with Gasteiger partial charge in [0, 0.05) is 1.43 Å². The second-order valence-corrected chi connectivity index (χ2v) is 3.17. The van der Waals surface area contributed by atoms with Crippen LogP contribution in [0.15, 0.2) is 0 Å². The Balaban J connectivity index is 0.00000144. The van der Waals surface area contributed by atoms with E-state index >= 15 is 0 Å². The molecule has 2 unspecified atom stereocenters. The molecule has 1 saturated carbocycles. The van der Waals surface area contributed by atoms with Crippen molar-refractivity contribution >= 4 is 11.9 Å². The van der Waals surface area contributed by atoms with E-state index in [1.54, 1.807) is 0 Å². The second kappa shape index (κ2) is 3.56. The topological polar surface area (TPSA) is 74.6 Å². The molecule has 12 heavy (non-hydrogen) atoms. The van der Waals surface area contributed by atoms with Gasteiger partial charge in [-0.2, -0.15) is 0 Å². The summed E-state index contributed by atoms with van der Waals surface area (Å²) in [6.07, 6.45) is 2.68. The van der Waals surface area contributed by atoms with Crippen LogP contribution in [0.3, 0.4) is 0 Å². The summed E-state index contributed by atoms with van der Waals surface area (Å²) in [5.74, 6) is -3.28. The van der Waals surface area contributed by atoms with Crippen LogP contribution in [0.2, 0.25) is 0 Å². The summed E-state index contributed by atoms with van der Waals surface area (Å²) < 4.78 is 0. The maximum Gasteiger partial charge on any atom is 0.307 e. The molecule has 4 nitrogen and oxygen atoms in total. The van der Waals surface area contributed by atoms with Gasteiger partial charge in [0.15, 0.2) is 0 Å². The minimum Gasteiger partial charge on any atom is -0.481 e. The molecule has 0 bridgehead atoms. The van der Waals surface area contributed by atoms with Crippen LogP contribution in [-0.4, -0.2) is 22.2 Å². The van der Waals surface area contributed by atoms with E-state index in [4.69, 9.17) is 10.2 Å². The van der Waals surface area contributed by atoms with E-state index in [1.165, 1.54) is 0 Å². The Labute approximate surface area is 71.7 Å². The van der Waals surface area contributed by atoms with Gasteiger partial charge in [0.2, 0.25) is 0 Å². The van der Waals surface area contributed by atoms with Gasteiger partial charge in [0.1, 0.15) is 0 Å². The summed E-state index contributed by atoms with van der Waals surface area (Å²) in [6.45, 7) is 0. The third-order valence-corrected chi connectivity index (χ3v) is 2.40. The molecule has 0 amide bonds. The maximum absolute atomic E-state index is 10.6. The van der Waals surface area contributed by atoms with Crippen molar-refractivity contribution in [3.63, 3.8) is 0 Å². The highest BCUT2D eigenvalue weighted by molar-refractivity contribution is 5.80. The first-order valence-corrected chi connectivity index (χ1v) is 4.08. The Hall–Kier alpha value is -1.06. The minimum atomic E-state index is -0.970. The number of hydrogen-bond donors (Lipinski definition) is 2. The minimum absolute atomic E-state index is 0. The molecule has 0 spiro atoms. The maximum atomic E-state index is 10.6. The number of aliphatic carboxylic acids is 2. The molecule has 2 N–H and O–H groups in total. The van der Waals surface area contributed by atoms with Crippen LogP contribution in [-0.2, 0) is 9.59 Å². The third-order valence-electron chi connectivity index (χ3n) is 2.40. The van der Waals surface area contributed by atoms with E-state index in [9.17, 15) is 9.59 Å². The van der Waals surface area contributed by atoms with Crippen LogP contribution < -0.4 is 0 Å². The highest BCUT2D eigenvalue weighted by Crippen LogP contribution is 2.30. The molecular weight excluding hydrogens is 160 g/mol. The first kappa shape index (κ1) is 9.03. The Morgan fingerprint density at radius 3 is 1.58 bits per heavy atom. The molecule has 1 fully saturated rings. The zero-order valence-corrected chi connectivity index (χ0v) is 6.69. The van der Waals surface area contributed by atoms with E-state index in [1.807, 2.05) is 0 Å². The Morgan fingerprint density at radius 1 is 1.00 bits per heavy atom. The lowest BCUT2D eigenvalue weighted by Gasteiger charge is -2.24. The van der Waals surface area contributed by atoms with Crippen molar-refractivity contribution in [3.05, 3.63) is 0 Å². The quantitative estimate of drug-likeness (QED) is 0.659. The lowest BCUT2D eigenvalue weighted by molar-refractivity contribution is -0.155. The number of rotatable bonds is 2. The van der Waals surface area contributed by atoms with Gasteiger partial charge < -0.3 is 10.2 Å². The first-order chi connectivity index (χ1) is 5.63. The zero-order chi connectivity index (χ0) is 9.14. The molecule has 70 valence electrons. The van der Waals surface area contributed by atoms with Crippen LogP contribution in [0.4, 0.5) is 0 Å². The number of hydrogen-bond acceptors (Lipinski definition) is 2. The van der Waals surface area contributed by atoms with E-state index < -0.39 is 23.8 Å². The van der Waals surface area contributed by atoms with Crippen molar-refractivity contribution in [1.82, 2.24) is 0 Å². The fourth-order valence-corrected chi connectivity index (χ4v) is 1.72. The summed E-state index contributed by atoms with van der Waals surface area (Å²) >= 11 is 0. The van der Waals surface area contributed by atoms with Crippen LogP contribution >= 0.6 is 0 Å². The molecule has 0 heterocycles. The molecule has 0 aliphatic heterocycles. The summed E-state index contributed by atoms with van der Waals surface area (Å²) in [7, 11) is 0. The smallest absolute Gasteiger partial charge is 0.307 e. The van der Waals surface area contributed by atoms with Gasteiger partial charge in [0.25, 0.3) is 0 Å². The van der Waals surface area contributed by atoms with E-state index in [0.717, 1.165) is 12.8 Å². The highest BCUT2D eigenvalue weighted by Gasteiger charge is 2.35. The zero-order valence-electron chi connectivity index (χ0n) is 6.69. The molecular formula is C8H14O4. The van der Waals surface area contributed by atoms with Gasteiger partial charge in [-0.3, -0.25) is 9.59 Å². The van der Waals surface area contributed by atoms with Gasteiger partial charge in [-0.25, -0.2) is 0 Å².